The lowest BCUT2D eigenvalue weighted by Gasteiger charge is -1.96. The lowest BCUT2D eigenvalue weighted by Crippen LogP contribution is -1.93. The van der Waals surface area contributed by atoms with Crippen LogP contribution in [-0.2, 0) is 13.9 Å². The molecule has 0 aliphatic heterocycles. The van der Waals surface area contributed by atoms with E-state index in [9.17, 15) is 13.6 Å². The maximum Gasteiger partial charge on any atom is 0.569 e. The highest BCUT2D eigenvalue weighted by Gasteiger charge is 2.20. The van der Waals surface area contributed by atoms with Gasteiger partial charge in [0.05, 0.1) is 0 Å². The monoisotopic (exact) mass is 154 g/mol. The van der Waals surface area contributed by atoms with E-state index < -0.39 is 13.9 Å². The third-order valence-electron chi connectivity index (χ3n) is 0.369. The first-order valence-electron chi connectivity index (χ1n) is 1.84. The highest BCUT2D eigenvalue weighted by atomic mass is 31.2. The molecular weight excluding hydrogens is 150 g/mol. The molecule has 4 nitrogen and oxygen atoms in total. The molecule has 9 heavy (non-hydrogen) atoms. The van der Waals surface area contributed by atoms with E-state index in [1.807, 2.05) is 0 Å². The van der Waals surface area contributed by atoms with Crippen molar-refractivity contribution in [2.24, 2.45) is 0 Å². The first kappa shape index (κ1) is 8.33. The van der Waals surface area contributed by atoms with E-state index in [4.69, 9.17) is 4.89 Å². The molecule has 0 heterocycles. The van der Waals surface area contributed by atoms with E-state index in [0.717, 1.165) is 0 Å². The Kier molecular flexibility index (Phi) is 2.55. The normalized spacial score (nSPS) is 15.8. The van der Waals surface area contributed by atoms with Crippen LogP contribution in [0.3, 0.4) is 0 Å². The summed E-state index contributed by atoms with van der Waals surface area (Å²) >= 11 is 0. The van der Waals surface area contributed by atoms with Crippen molar-refractivity contribution in [3.05, 3.63) is 12.7 Å². The first-order chi connectivity index (χ1) is 3.95. The van der Waals surface area contributed by atoms with Crippen LogP contribution in [0.2, 0.25) is 0 Å². The fraction of sp³-hybridized carbons (Fsp3) is 0. The molecule has 0 amide bonds. The lowest BCUT2D eigenvalue weighted by molar-refractivity contribution is -0.129. The second-order valence-electron chi connectivity index (χ2n) is 1.07. The van der Waals surface area contributed by atoms with Crippen molar-refractivity contribution in [2.75, 3.05) is 0 Å². The van der Waals surface area contributed by atoms with Gasteiger partial charge < -0.3 is 4.52 Å². The minimum Gasteiger partial charge on any atom is -0.364 e. The Morgan fingerprint density at radius 3 is 2.44 bits per heavy atom. The molecule has 0 bridgehead atoms. The average molecular weight is 154 g/mol. The molecule has 1 atom stereocenters. The fourth-order valence-corrected chi connectivity index (χ4v) is 0.445. The summed E-state index contributed by atoms with van der Waals surface area (Å²) < 4.78 is 24.3. The minimum absolute atomic E-state index is 0.586. The molecule has 0 aromatic heterocycles. The molecule has 0 aliphatic carbocycles. The fourth-order valence-electron chi connectivity index (χ4n) is 0.148. The van der Waals surface area contributed by atoms with Crippen LogP contribution in [0.15, 0.2) is 12.7 Å². The largest absolute Gasteiger partial charge is 0.569 e. The van der Waals surface area contributed by atoms with E-state index in [0.29, 0.717) is 6.08 Å². The van der Waals surface area contributed by atoms with Crippen molar-refractivity contribution >= 4 is 13.9 Å². The second-order valence-corrected chi connectivity index (χ2v) is 2.15. The Bertz CT molecular complexity index is 171. The van der Waals surface area contributed by atoms with Crippen LogP contribution in [0, 0.1) is 0 Å². The van der Waals surface area contributed by atoms with Gasteiger partial charge in [-0.1, -0.05) is 6.58 Å². The Labute approximate surface area is 50.6 Å². The summed E-state index contributed by atoms with van der Waals surface area (Å²) in [5.74, 6) is -1.26. The van der Waals surface area contributed by atoms with Crippen LogP contribution in [0.1, 0.15) is 0 Å². The van der Waals surface area contributed by atoms with Crippen molar-refractivity contribution in [1.29, 1.82) is 0 Å². The molecule has 1 N–H and O–H groups in total. The summed E-state index contributed by atoms with van der Waals surface area (Å²) in [7, 11) is -5.16. The zero-order valence-corrected chi connectivity index (χ0v) is 5.18. The zero-order chi connectivity index (χ0) is 7.49. The summed E-state index contributed by atoms with van der Waals surface area (Å²) in [5.41, 5.74) is 0. The van der Waals surface area contributed by atoms with Gasteiger partial charge in [0.25, 0.3) is 0 Å². The predicted molar refractivity (Wildman–Crippen MR) is 27.2 cm³/mol. The van der Waals surface area contributed by atoms with Gasteiger partial charge in [-0.25, -0.2) is 9.36 Å². The van der Waals surface area contributed by atoms with Crippen LogP contribution >= 0.6 is 7.91 Å². The van der Waals surface area contributed by atoms with E-state index >= 15 is 0 Å². The van der Waals surface area contributed by atoms with E-state index in [2.05, 4.69) is 11.1 Å². The summed E-state index contributed by atoms with van der Waals surface area (Å²) in [5, 5.41) is 0. The zero-order valence-electron chi connectivity index (χ0n) is 4.28. The summed E-state index contributed by atoms with van der Waals surface area (Å²) in [4.78, 5) is 17.6. The van der Waals surface area contributed by atoms with Gasteiger partial charge in [-0.2, -0.15) is 0 Å². The molecule has 0 aromatic carbocycles. The number of hydrogen-bond acceptors (Lipinski definition) is 3. The van der Waals surface area contributed by atoms with Crippen molar-refractivity contribution in [2.45, 2.75) is 0 Å². The highest BCUT2D eigenvalue weighted by Crippen LogP contribution is 2.43. The van der Waals surface area contributed by atoms with Gasteiger partial charge in [-0.05, 0) is 0 Å². The summed E-state index contributed by atoms with van der Waals surface area (Å²) in [6.07, 6.45) is 0.586. The van der Waals surface area contributed by atoms with Gasteiger partial charge in [0.2, 0.25) is 0 Å². The molecule has 0 spiro atoms. The quantitative estimate of drug-likeness (QED) is 0.471. The maximum absolute atomic E-state index is 11.4. The van der Waals surface area contributed by atoms with E-state index in [-0.39, 0.29) is 0 Å². The second kappa shape index (κ2) is 2.75. The van der Waals surface area contributed by atoms with Crippen LogP contribution in [0.4, 0.5) is 4.20 Å². The molecular formula is C3H4FO4P. The smallest absolute Gasteiger partial charge is 0.364 e. The van der Waals surface area contributed by atoms with Crippen molar-refractivity contribution < 1.29 is 23.0 Å². The predicted octanol–water partition coefficient (Wildman–Crippen LogP) is 0.785. The molecule has 52 valence electrons. The minimum atomic E-state index is -5.16. The number of carbonyl (C=O) groups is 1. The third kappa shape index (κ3) is 5.20. The summed E-state index contributed by atoms with van der Waals surface area (Å²) in [6, 6.07) is 0. The SMILES string of the molecule is C=CC(=O)OP(=O)(O)F. The first-order valence-corrected chi connectivity index (χ1v) is 3.31. The van der Waals surface area contributed by atoms with Gasteiger partial charge in [-0.3, -0.25) is 4.89 Å². The van der Waals surface area contributed by atoms with E-state index in [1.54, 1.807) is 0 Å². The van der Waals surface area contributed by atoms with Crippen LogP contribution in [0.5, 0.6) is 0 Å². The molecule has 0 aromatic rings. The van der Waals surface area contributed by atoms with Crippen LogP contribution in [0.25, 0.3) is 0 Å². The Balaban J connectivity index is 3.89. The molecule has 0 aliphatic rings. The van der Waals surface area contributed by atoms with Crippen molar-refractivity contribution in [3.8, 4) is 0 Å². The van der Waals surface area contributed by atoms with Gasteiger partial charge in [0, 0.05) is 6.08 Å². The number of rotatable bonds is 2. The Morgan fingerprint density at radius 2 is 2.33 bits per heavy atom. The van der Waals surface area contributed by atoms with Gasteiger partial charge in [-0.15, -0.1) is 4.20 Å². The lowest BCUT2D eigenvalue weighted by atomic mass is 10.7. The maximum atomic E-state index is 11.4. The number of halogens is 1. The molecule has 0 fully saturated rings. The standard InChI is InChI=1S/C3H4FO4P/c1-2-3(5)8-9(4,6)7/h2H,1H2,(H,6,7). The highest BCUT2D eigenvalue weighted by molar-refractivity contribution is 7.47. The molecule has 0 saturated carbocycles. The average Bonchev–Trinajstić information content (AvgIpc) is 1.62. The number of carbonyl (C=O) groups excluding carboxylic acids is 1. The van der Waals surface area contributed by atoms with Gasteiger partial charge in [0.1, 0.15) is 0 Å². The third-order valence-corrected chi connectivity index (χ3v) is 0.774. The summed E-state index contributed by atoms with van der Waals surface area (Å²) in [6.45, 7) is 2.87. The number of hydrogen-bond donors (Lipinski definition) is 1. The molecule has 0 saturated heterocycles. The Hall–Kier alpha value is -0.670. The molecule has 0 rings (SSSR count). The Morgan fingerprint density at radius 1 is 1.89 bits per heavy atom. The van der Waals surface area contributed by atoms with Crippen molar-refractivity contribution in [1.82, 2.24) is 0 Å². The topological polar surface area (TPSA) is 63.6 Å². The van der Waals surface area contributed by atoms with Gasteiger partial charge in [0.15, 0.2) is 0 Å². The van der Waals surface area contributed by atoms with Gasteiger partial charge >= 0.3 is 13.9 Å². The van der Waals surface area contributed by atoms with Crippen LogP contribution < -0.4 is 0 Å². The molecule has 0 radical (unpaired) electrons. The van der Waals surface area contributed by atoms with E-state index in [1.165, 1.54) is 0 Å². The van der Waals surface area contributed by atoms with Crippen molar-refractivity contribution in [3.63, 3.8) is 0 Å². The molecule has 6 heteroatoms. The molecule has 1 unspecified atom stereocenters. The van der Waals surface area contributed by atoms with Crippen LogP contribution in [-0.4, -0.2) is 10.9 Å².